The number of hydrogen-bond acceptors (Lipinski definition) is 2. The molecule has 1 rings (SSSR count). The summed E-state index contributed by atoms with van der Waals surface area (Å²) in [5.41, 5.74) is 5.90. The molecule has 0 amide bonds. The van der Waals surface area contributed by atoms with E-state index < -0.39 is 0 Å². The van der Waals surface area contributed by atoms with Gasteiger partial charge in [0.15, 0.2) is 0 Å². The van der Waals surface area contributed by atoms with Crippen LogP contribution in [0.4, 0.5) is 0 Å². The molecule has 0 aromatic rings. The summed E-state index contributed by atoms with van der Waals surface area (Å²) in [5.74, 6) is 0.578. The first-order valence-electron chi connectivity index (χ1n) is 4.13. The van der Waals surface area contributed by atoms with Crippen molar-refractivity contribution >= 4 is 0 Å². The molecule has 0 bridgehead atoms. The highest BCUT2D eigenvalue weighted by molar-refractivity contribution is 4.80. The standard InChI is InChI=1S/C8H17NO/c1-3-7-6(2)10-5-4-8(7)9/h6-8H,3-5,9H2,1-2H3. The maximum Gasteiger partial charge on any atom is 0.0589 e. The lowest BCUT2D eigenvalue weighted by Gasteiger charge is -2.33. The Bertz CT molecular complexity index is 95.4. The minimum absolute atomic E-state index is 0.369. The number of nitrogens with two attached hydrogens (primary N) is 1. The third-order valence-electron chi connectivity index (χ3n) is 2.46. The summed E-state index contributed by atoms with van der Waals surface area (Å²) in [6.07, 6.45) is 2.54. The molecule has 1 aliphatic rings. The highest BCUT2D eigenvalue weighted by Crippen LogP contribution is 2.21. The van der Waals surface area contributed by atoms with E-state index in [9.17, 15) is 0 Å². The Kier molecular flexibility index (Phi) is 2.69. The lowest BCUT2D eigenvalue weighted by Crippen LogP contribution is -2.43. The SMILES string of the molecule is CCC1C(N)CCOC1C. The Morgan fingerprint density at radius 2 is 2.30 bits per heavy atom. The summed E-state index contributed by atoms with van der Waals surface area (Å²) in [6, 6.07) is 0.369. The van der Waals surface area contributed by atoms with Crippen LogP contribution in [0.15, 0.2) is 0 Å². The molecule has 0 saturated carbocycles. The molecule has 0 aromatic heterocycles. The predicted molar refractivity (Wildman–Crippen MR) is 41.8 cm³/mol. The molecule has 60 valence electrons. The lowest BCUT2D eigenvalue weighted by atomic mass is 9.88. The van der Waals surface area contributed by atoms with Crippen molar-refractivity contribution in [1.82, 2.24) is 0 Å². The summed E-state index contributed by atoms with van der Waals surface area (Å²) in [5, 5.41) is 0. The van der Waals surface area contributed by atoms with Crippen molar-refractivity contribution in [2.24, 2.45) is 11.7 Å². The first-order valence-corrected chi connectivity index (χ1v) is 4.13. The minimum Gasteiger partial charge on any atom is -0.378 e. The number of ether oxygens (including phenoxy) is 1. The topological polar surface area (TPSA) is 35.2 Å². The summed E-state index contributed by atoms with van der Waals surface area (Å²) >= 11 is 0. The summed E-state index contributed by atoms with van der Waals surface area (Å²) in [7, 11) is 0. The Labute approximate surface area is 62.7 Å². The molecule has 2 nitrogen and oxygen atoms in total. The van der Waals surface area contributed by atoms with Gasteiger partial charge in [-0.3, -0.25) is 0 Å². The molecular weight excluding hydrogens is 126 g/mol. The van der Waals surface area contributed by atoms with Crippen molar-refractivity contribution in [2.75, 3.05) is 6.61 Å². The van der Waals surface area contributed by atoms with Gasteiger partial charge in [-0.15, -0.1) is 0 Å². The third kappa shape index (κ3) is 1.50. The molecule has 3 atom stereocenters. The molecule has 0 aromatic carbocycles. The van der Waals surface area contributed by atoms with E-state index in [1.165, 1.54) is 0 Å². The van der Waals surface area contributed by atoms with E-state index in [-0.39, 0.29) is 0 Å². The Balaban J connectivity index is 2.45. The Morgan fingerprint density at radius 3 is 2.70 bits per heavy atom. The van der Waals surface area contributed by atoms with Crippen LogP contribution in [0, 0.1) is 5.92 Å². The molecule has 0 spiro atoms. The normalized spacial score (nSPS) is 41.7. The van der Waals surface area contributed by atoms with Crippen LogP contribution < -0.4 is 5.73 Å². The maximum atomic E-state index is 5.90. The zero-order valence-corrected chi connectivity index (χ0v) is 6.84. The van der Waals surface area contributed by atoms with Gasteiger partial charge in [0.2, 0.25) is 0 Å². The van der Waals surface area contributed by atoms with Crippen molar-refractivity contribution in [3.05, 3.63) is 0 Å². The van der Waals surface area contributed by atoms with Crippen LogP contribution in [0.3, 0.4) is 0 Å². The second-order valence-corrected chi connectivity index (χ2v) is 3.10. The van der Waals surface area contributed by atoms with E-state index in [0.29, 0.717) is 18.1 Å². The quantitative estimate of drug-likeness (QED) is 0.597. The van der Waals surface area contributed by atoms with Crippen LogP contribution in [0.1, 0.15) is 26.7 Å². The zero-order chi connectivity index (χ0) is 7.56. The largest absolute Gasteiger partial charge is 0.378 e. The third-order valence-corrected chi connectivity index (χ3v) is 2.46. The summed E-state index contributed by atoms with van der Waals surface area (Å²) in [4.78, 5) is 0. The van der Waals surface area contributed by atoms with E-state index >= 15 is 0 Å². The molecule has 0 radical (unpaired) electrons. The lowest BCUT2D eigenvalue weighted by molar-refractivity contribution is -0.0258. The molecule has 2 N–H and O–H groups in total. The van der Waals surface area contributed by atoms with E-state index in [1.807, 2.05) is 0 Å². The van der Waals surface area contributed by atoms with Crippen LogP contribution in [0.25, 0.3) is 0 Å². The monoisotopic (exact) mass is 143 g/mol. The van der Waals surface area contributed by atoms with E-state index in [4.69, 9.17) is 10.5 Å². The van der Waals surface area contributed by atoms with Gasteiger partial charge in [-0.1, -0.05) is 6.92 Å². The molecule has 1 aliphatic heterocycles. The van der Waals surface area contributed by atoms with Crippen molar-refractivity contribution in [3.8, 4) is 0 Å². The second-order valence-electron chi connectivity index (χ2n) is 3.10. The van der Waals surface area contributed by atoms with Crippen LogP contribution in [-0.2, 0) is 4.74 Å². The van der Waals surface area contributed by atoms with Gasteiger partial charge in [0.25, 0.3) is 0 Å². The Hall–Kier alpha value is -0.0800. The van der Waals surface area contributed by atoms with Crippen molar-refractivity contribution in [3.63, 3.8) is 0 Å². The maximum absolute atomic E-state index is 5.90. The van der Waals surface area contributed by atoms with Crippen molar-refractivity contribution in [1.29, 1.82) is 0 Å². The summed E-state index contributed by atoms with van der Waals surface area (Å²) < 4.78 is 5.47. The van der Waals surface area contributed by atoms with E-state index in [1.54, 1.807) is 0 Å². The second kappa shape index (κ2) is 3.35. The van der Waals surface area contributed by atoms with Gasteiger partial charge in [0, 0.05) is 12.6 Å². The van der Waals surface area contributed by atoms with Crippen molar-refractivity contribution < 1.29 is 4.74 Å². The van der Waals surface area contributed by atoms with E-state index in [0.717, 1.165) is 19.4 Å². The van der Waals surface area contributed by atoms with Gasteiger partial charge in [0.1, 0.15) is 0 Å². The van der Waals surface area contributed by atoms with E-state index in [2.05, 4.69) is 13.8 Å². The molecular formula is C8H17NO. The molecule has 1 saturated heterocycles. The zero-order valence-electron chi connectivity index (χ0n) is 6.84. The molecule has 10 heavy (non-hydrogen) atoms. The molecule has 2 heteroatoms. The molecule has 3 unspecified atom stereocenters. The number of hydrogen-bond donors (Lipinski definition) is 1. The van der Waals surface area contributed by atoms with Crippen LogP contribution in [-0.4, -0.2) is 18.8 Å². The fourth-order valence-corrected chi connectivity index (χ4v) is 1.71. The summed E-state index contributed by atoms with van der Waals surface area (Å²) in [6.45, 7) is 5.14. The first-order chi connectivity index (χ1) is 4.75. The molecule has 1 heterocycles. The first kappa shape index (κ1) is 8.02. The van der Waals surface area contributed by atoms with Crippen LogP contribution >= 0.6 is 0 Å². The van der Waals surface area contributed by atoms with Gasteiger partial charge in [0.05, 0.1) is 6.10 Å². The average molecular weight is 143 g/mol. The smallest absolute Gasteiger partial charge is 0.0589 e. The highest BCUT2D eigenvalue weighted by Gasteiger charge is 2.26. The highest BCUT2D eigenvalue weighted by atomic mass is 16.5. The van der Waals surface area contributed by atoms with Gasteiger partial charge < -0.3 is 10.5 Å². The van der Waals surface area contributed by atoms with Crippen molar-refractivity contribution in [2.45, 2.75) is 38.8 Å². The van der Waals surface area contributed by atoms with Gasteiger partial charge in [-0.25, -0.2) is 0 Å². The van der Waals surface area contributed by atoms with Gasteiger partial charge in [-0.05, 0) is 25.7 Å². The molecule has 1 fully saturated rings. The average Bonchev–Trinajstić information content (AvgIpc) is 1.88. The number of rotatable bonds is 1. The van der Waals surface area contributed by atoms with Gasteiger partial charge in [-0.2, -0.15) is 0 Å². The van der Waals surface area contributed by atoms with Crippen LogP contribution in [0.2, 0.25) is 0 Å². The Morgan fingerprint density at radius 1 is 1.60 bits per heavy atom. The minimum atomic E-state index is 0.369. The van der Waals surface area contributed by atoms with Crippen LogP contribution in [0.5, 0.6) is 0 Å². The molecule has 0 aliphatic carbocycles. The van der Waals surface area contributed by atoms with Gasteiger partial charge >= 0.3 is 0 Å². The predicted octanol–water partition coefficient (Wildman–Crippen LogP) is 1.15. The fourth-order valence-electron chi connectivity index (χ4n) is 1.71. The fraction of sp³-hybridized carbons (Fsp3) is 1.00.